The molecule has 21 heavy (non-hydrogen) atoms. The molecule has 1 atom stereocenters. The van der Waals surface area contributed by atoms with E-state index in [1.54, 1.807) is 19.2 Å². The summed E-state index contributed by atoms with van der Waals surface area (Å²) in [7, 11) is -1.71. The lowest BCUT2D eigenvalue weighted by molar-refractivity contribution is 0.357. The summed E-state index contributed by atoms with van der Waals surface area (Å²) in [4.78, 5) is 0.389. The standard InChI is InChI=1S/C16H26N2O2S/c1-12(2)17-11-14-6-5-7-16(10-14)21(19,20)18(4)13(3)15-8-9-15/h5-7,10,12-13,15,17H,8-9,11H2,1-4H3. The molecule has 0 amide bonds. The van der Waals surface area contributed by atoms with Gasteiger partial charge >= 0.3 is 0 Å². The molecule has 4 nitrogen and oxygen atoms in total. The first kappa shape index (κ1) is 16.5. The Balaban J connectivity index is 2.17. The van der Waals surface area contributed by atoms with Crippen LogP contribution in [0, 0.1) is 5.92 Å². The summed E-state index contributed by atoms with van der Waals surface area (Å²) in [6.07, 6.45) is 2.28. The monoisotopic (exact) mass is 310 g/mol. The molecular formula is C16H26N2O2S. The van der Waals surface area contributed by atoms with Gasteiger partial charge in [0, 0.05) is 25.7 Å². The Labute approximate surface area is 128 Å². The Hall–Kier alpha value is -0.910. The second-order valence-electron chi connectivity index (χ2n) is 6.28. The first-order valence-electron chi connectivity index (χ1n) is 7.62. The van der Waals surface area contributed by atoms with Crippen LogP contribution in [0.1, 0.15) is 39.2 Å². The molecule has 118 valence electrons. The molecule has 1 aromatic carbocycles. The Morgan fingerprint density at radius 3 is 2.52 bits per heavy atom. The maximum Gasteiger partial charge on any atom is 0.243 e. The highest BCUT2D eigenvalue weighted by atomic mass is 32.2. The topological polar surface area (TPSA) is 49.4 Å². The van der Waals surface area contributed by atoms with Crippen LogP contribution in [0.3, 0.4) is 0 Å². The fourth-order valence-electron chi connectivity index (χ4n) is 2.40. The molecule has 0 saturated heterocycles. The zero-order valence-electron chi connectivity index (χ0n) is 13.3. The van der Waals surface area contributed by atoms with E-state index >= 15 is 0 Å². The van der Waals surface area contributed by atoms with E-state index in [9.17, 15) is 8.42 Å². The third kappa shape index (κ3) is 4.05. The zero-order chi connectivity index (χ0) is 15.6. The maximum atomic E-state index is 12.7. The van der Waals surface area contributed by atoms with Gasteiger partial charge in [0.25, 0.3) is 0 Å². The van der Waals surface area contributed by atoms with Crippen LogP contribution in [0.15, 0.2) is 29.2 Å². The highest BCUT2D eigenvalue weighted by Crippen LogP contribution is 2.36. The molecule has 0 heterocycles. The molecule has 1 aliphatic carbocycles. The van der Waals surface area contributed by atoms with E-state index in [0.29, 0.717) is 23.4 Å². The third-order valence-corrected chi connectivity index (χ3v) is 6.11. The minimum Gasteiger partial charge on any atom is -0.310 e. The predicted molar refractivity (Wildman–Crippen MR) is 85.6 cm³/mol. The zero-order valence-corrected chi connectivity index (χ0v) is 14.2. The smallest absolute Gasteiger partial charge is 0.243 e. The highest BCUT2D eigenvalue weighted by Gasteiger charge is 2.35. The van der Waals surface area contributed by atoms with Gasteiger partial charge in [0.15, 0.2) is 0 Å². The highest BCUT2D eigenvalue weighted by molar-refractivity contribution is 7.89. The molecule has 1 fully saturated rings. The fraction of sp³-hybridized carbons (Fsp3) is 0.625. The van der Waals surface area contributed by atoms with Gasteiger partial charge in [0.05, 0.1) is 4.90 Å². The molecule has 0 spiro atoms. The summed E-state index contributed by atoms with van der Waals surface area (Å²) in [5, 5.41) is 3.31. The van der Waals surface area contributed by atoms with Gasteiger partial charge in [-0.15, -0.1) is 0 Å². The van der Waals surface area contributed by atoms with E-state index in [2.05, 4.69) is 19.2 Å². The summed E-state index contributed by atoms with van der Waals surface area (Å²) in [6.45, 7) is 6.83. The van der Waals surface area contributed by atoms with Gasteiger partial charge in [0.1, 0.15) is 0 Å². The molecule has 0 aromatic heterocycles. The average molecular weight is 310 g/mol. The Morgan fingerprint density at radius 2 is 1.95 bits per heavy atom. The van der Waals surface area contributed by atoms with Gasteiger partial charge in [-0.2, -0.15) is 4.31 Å². The van der Waals surface area contributed by atoms with Crippen molar-refractivity contribution < 1.29 is 8.42 Å². The minimum absolute atomic E-state index is 0.0763. The van der Waals surface area contributed by atoms with Crippen molar-refractivity contribution in [1.29, 1.82) is 0 Å². The van der Waals surface area contributed by atoms with Gasteiger partial charge in [-0.05, 0) is 43.4 Å². The molecule has 1 unspecified atom stereocenters. The molecule has 0 radical (unpaired) electrons. The number of sulfonamides is 1. The Morgan fingerprint density at radius 1 is 1.29 bits per heavy atom. The van der Waals surface area contributed by atoms with Crippen LogP contribution in [0.2, 0.25) is 0 Å². The number of hydrogen-bond acceptors (Lipinski definition) is 3. The van der Waals surface area contributed by atoms with Crippen LogP contribution in [-0.2, 0) is 16.6 Å². The lowest BCUT2D eigenvalue weighted by Crippen LogP contribution is -2.36. The normalized spacial score (nSPS) is 17.4. The van der Waals surface area contributed by atoms with Gasteiger partial charge in [-0.3, -0.25) is 0 Å². The first-order chi connectivity index (χ1) is 9.82. The number of hydrogen-bond donors (Lipinski definition) is 1. The van der Waals surface area contributed by atoms with Crippen molar-refractivity contribution in [1.82, 2.24) is 9.62 Å². The summed E-state index contributed by atoms with van der Waals surface area (Å²) in [5.41, 5.74) is 0.997. The second kappa shape index (κ2) is 6.46. The van der Waals surface area contributed by atoms with Crippen LogP contribution in [0.4, 0.5) is 0 Å². The maximum absolute atomic E-state index is 12.7. The number of nitrogens with zero attached hydrogens (tertiary/aromatic N) is 1. The van der Waals surface area contributed by atoms with Crippen molar-refractivity contribution >= 4 is 10.0 Å². The van der Waals surface area contributed by atoms with Crippen molar-refractivity contribution in [3.05, 3.63) is 29.8 Å². The van der Waals surface area contributed by atoms with Crippen molar-refractivity contribution in [2.45, 2.75) is 57.1 Å². The van der Waals surface area contributed by atoms with Crippen molar-refractivity contribution in [2.24, 2.45) is 5.92 Å². The average Bonchev–Trinajstić information content (AvgIpc) is 3.28. The summed E-state index contributed by atoms with van der Waals surface area (Å²) in [5.74, 6) is 0.524. The molecule has 0 bridgehead atoms. The predicted octanol–water partition coefficient (Wildman–Crippen LogP) is 2.60. The first-order valence-corrected chi connectivity index (χ1v) is 9.06. The van der Waals surface area contributed by atoms with Crippen LogP contribution in [0.5, 0.6) is 0 Å². The van der Waals surface area contributed by atoms with E-state index in [1.807, 2.05) is 19.1 Å². The van der Waals surface area contributed by atoms with Crippen LogP contribution in [0.25, 0.3) is 0 Å². The van der Waals surface area contributed by atoms with Gasteiger partial charge in [-0.25, -0.2) is 8.42 Å². The number of nitrogens with one attached hydrogen (secondary N) is 1. The minimum atomic E-state index is -3.40. The molecule has 1 saturated carbocycles. The third-order valence-electron chi connectivity index (χ3n) is 4.17. The number of rotatable bonds is 7. The van der Waals surface area contributed by atoms with E-state index in [0.717, 1.165) is 18.4 Å². The number of benzene rings is 1. The molecule has 1 aliphatic rings. The summed E-state index contributed by atoms with van der Waals surface area (Å²) < 4.78 is 26.9. The van der Waals surface area contributed by atoms with Crippen molar-refractivity contribution in [3.8, 4) is 0 Å². The van der Waals surface area contributed by atoms with E-state index in [1.165, 1.54) is 4.31 Å². The van der Waals surface area contributed by atoms with Crippen LogP contribution in [-0.4, -0.2) is 31.9 Å². The molecule has 5 heteroatoms. The van der Waals surface area contributed by atoms with E-state index in [4.69, 9.17) is 0 Å². The Kier molecular flexibility index (Phi) is 5.07. The lowest BCUT2D eigenvalue weighted by atomic mass is 10.2. The summed E-state index contributed by atoms with van der Waals surface area (Å²) >= 11 is 0. The molecule has 1 N–H and O–H groups in total. The fourth-order valence-corrected chi connectivity index (χ4v) is 3.89. The summed E-state index contributed by atoms with van der Waals surface area (Å²) in [6, 6.07) is 7.69. The van der Waals surface area contributed by atoms with Crippen molar-refractivity contribution in [3.63, 3.8) is 0 Å². The van der Waals surface area contributed by atoms with Crippen LogP contribution >= 0.6 is 0 Å². The van der Waals surface area contributed by atoms with Gasteiger partial charge in [0.2, 0.25) is 10.0 Å². The second-order valence-corrected chi connectivity index (χ2v) is 8.28. The Bertz CT molecular complexity index is 580. The molecular weight excluding hydrogens is 284 g/mol. The van der Waals surface area contributed by atoms with Crippen molar-refractivity contribution in [2.75, 3.05) is 7.05 Å². The van der Waals surface area contributed by atoms with E-state index in [-0.39, 0.29) is 6.04 Å². The van der Waals surface area contributed by atoms with E-state index < -0.39 is 10.0 Å². The van der Waals surface area contributed by atoms with Gasteiger partial charge in [-0.1, -0.05) is 26.0 Å². The lowest BCUT2D eigenvalue weighted by Gasteiger charge is -2.24. The van der Waals surface area contributed by atoms with Crippen LogP contribution < -0.4 is 5.32 Å². The molecule has 1 aromatic rings. The van der Waals surface area contributed by atoms with Gasteiger partial charge < -0.3 is 5.32 Å². The molecule has 0 aliphatic heterocycles. The largest absolute Gasteiger partial charge is 0.310 e. The molecule has 2 rings (SSSR count). The SMILES string of the molecule is CC(C)NCc1cccc(S(=O)(=O)N(C)C(C)C2CC2)c1. The quantitative estimate of drug-likeness (QED) is 0.842.